The van der Waals surface area contributed by atoms with Gasteiger partial charge in [-0.1, -0.05) is 13.8 Å². The summed E-state index contributed by atoms with van der Waals surface area (Å²) in [6, 6.07) is 3.97. The first-order valence-electron chi connectivity index (χ1n) is 8.54. The minimum atomic E-state index is -0.325. The third-order valence-corrected chi connectivity index (χ3v) is 4.56. The van der Waals surface area contributed by atoms with Gasteiger partial charge in [0.25, 0.3) is 5.91 Å². The van der Waals surface area contributed by atoms with Gasteiger partial charge in [0.15, 0.2) is 0 Å². The molecule has 2 aromatic heterocycles. The quantitative estimate of drug-likeness (QED) is 0.861. The molecule has 0 aromatic carbocycles. The van der Waals surface area contributed by atoms with Gasteiger partial charge in [-0.3, -0.25) is 4.79 Å². The Balaban J connectivity index is 1.61. The normalized spacial score (nSPS) is 21.5. The largest absolute Gasteiger partial charge is 0.423 e. The van der Waals surface area contributed by atoms with Crippen molar-refractivity contribution in [2.75, 3.05) is 19.8 Å². The number of rotatable bonds is 4. The molecule has 7 heteroatoms. The maximum absolute atomic E-state index is 13.1. The summed E-state index contributed by atoms with van der Waals surface area (Å²) in [7, 11) is 0. The Labute approximate surface area is 140 Å². The van der Waals surface area contributed by atoms with E-state index in [2.05, 4.69) is 14.8 Å². The summed E-state index contributed by atoms with van der Waals surface area (Å²) in [5, 5.41) is 8.24. The van der Waals surface area contributed by atoms with Crippen LogP contribution in [0, 0.1) is 0 Å². The first-order chi connectivity index (χ1) is 11.6. The molecule has 0 radical (unpaired) electrons. The molecule has 1 aliphatic heterocycles. The van der Waals surface area contributed by atoms with E-state index in [1.54, 1.807) is 4.90 Å². The van der Waals surface area contributed by atoms with E-state index in [-0.39, 0.29) is 17.9 Å². The molecule has 4 rings (SSSR count). The predicted octanol–water partition coefficient (Wildman–Crippen LogP) is 2.54. The molecule has 0 spiro atoms. The van der Waals surface area contributed by atoms with E-state index in [1.807, 2.05) is 32.2 Å². The van der Waals surface area contributed by atoms with E-state index in [4.69, 9.17) is 9.15 Å². The maximum atomic E-state index is 13.1. The summed E-state index contributed by atoms with van der Waals surface area (Å²) < 4.78 is 13.4. The second-order valence-electron chi connectivity index (χ2n) is 6.75. The second-order valence-corrected chi connectivity index (χ2v) is 6.75. The summed E-state index contributed by atoms with van der Waals surface area (Å²) in [6.07, 6.45) is 4.27. The molecular weight excluding hydrogens is 308 g/mol. The van der Waals surface area contributed by atoms with Gasteiger partial charge in [0, 0.05) is 24.7 Å². The molecule has 1 amide bonds. The third-order valence-electron chi connectivity index (χ3n) is 4.56. The zero-order valence-electron chi connectivity index (χ0n) is 14.0. The molecule has 0 unspecified atom stereocenters. The number of hydrogen-bond donors (Lipinski definition) is 0. The minimum Gasteiger partial charge on any atom is -0.423 e. The Kier molecular flexibility index (Phi) is 3.88. The van der Waals surface area contributed by atoms with E-state index >= 15 is 0 Å². The Hall–Kier alpha value is -2.15. The van der Waals surface area contributed by atoms with Crippen LogP contribution >= 0.6 is 0 Å². The molecule has 0 N–H and O–H groups in total. The predicted molar refractivity (Wildman–Crippen MR) is 85.7 cm³/mol. The van der Waals surface area contributed by atoms with Gasteiger partial charge in [-0.15, -0.1) is 10.2 Å². The molecule has 1 saturated carbocycles. The van der Waals surface area contributed by atoms with Crippen LogP contribution in [-0.2, 0) is 4.74 Å². The van der Waals surface area contributed by atoms with Crippen molar-refractivity contribution in [1.82, 2.24) is 19.7 Å². The number of carbonyl (C=O) groups excluding carboxylic acids is 1. The molecule has 1 saturated heterocycles. The van der Waals surface area contributed by atoms with Crippen molar-refractivity contribution in [1.29, 1.82) is 0 Å². The first-order valence-corrected chi connectivity index (χ1v) is 8.54. The SMILES string of the molecule is CC(C)c1nnc([C@@H]2COCCN2C(=O)c2cccn2C2CC2)o1. The molecule has 2 fully saturated rings. The molecule has 128 valence electrons. The van der Waals surface area contributed by atoms with Crippen LogP contribution in [0.25, 0.3) is 0 Å². The van der Waals surface area contributed by atoms with Gasteiger partial charge in [-0.05, 0) is 25.0 Å². The highest BCUT2D eigenvalue weighted by Crippen LogP contribution is 2.37. The topological polar surface area (TPSA) is 73.4 Å². The van der Waals surface area contributed by atoms with Crippen LogP contribution in [0.3, 0.4) is 0 Å². The summed E-state index contributed by atoms with van der Waals surface area (Å²) in [6.45, 7) is 5.44. The van der Waals surface area contributed by atoms with Crippen LogP contribution in [0.1, 0.15) is 67.0 Å². The van der Waals surface area contributed by atoms with Gasteiger partial charge in [-0.25, -0.2) is 0 Å². The Morgan fingerprint density at radius 1 is 1.33 bits per heavy atom. The zero-order valence-corrected chi connectivity index (χ0v) is 14.0. The van der Waals surface area contributed by atoms with E-state index in [0.717, 1.165) is 18.5 Å². The number of amides is 1. The fourth-order valence-electron chi connectivity index (χ4n) is 3.06. The average molecular weight is 330 g/mol. The standard InChI is InChI=1S/C17H22N4O3/c1-11(2)15-18-19-16(24-15)14-10-23-9-8-21(14)17(22)13-4-3-7-20(13)12-5-6-12/h3-4,7,11-12,14H,5-6,8-10H2,1-2H3/t14-/m0/s1. The van der Waals surface area contributed by atoms with Crippen molar-refractivity contribution in [3.8, 4) is 0 Å². The number of aromatic nitrogens is 3. The van der Waals surface area contributed by atoms with E-state index in [0.29, 0.717) is 37.6 Å². The van der Waals surface area contributed by atoms with Crippen LogP contribution < -0.4 is 0 Å². The smallest absolute Gasteiger partial charge is 0.271 e. The van der Waals surface area contributed by atoms with Crippen molar-refractivity contribution < 1.29 is 13.9 Å². The van der Waals surface area contributed by atoms with E-state index in [1.165, 1.54) is 0 Å². The lowest BCUT2D eigenvalue weighted by Crippen LogP contribution is -2.44. The summed E-state index contributed by atoms with van der Waals surface area (Å²) >= 11 is 0. The number of morpholine rings is 1. The van der Waals surface area contributed by atoms with Crippen molar-refractivity contribution in [2.24, 2.45) is 0 Å². The number of ether oxygens (including phenoxy) is 1. The fraction of sp³-hybridized carbons (Fsp3) is 0.588. The highest BCUT2D eigenvalue weighted by Gasteiger charge is 2.36. The summed E-state index contributed by atoms with van der Waals surface area (Å²) in [5.41, 5.74) is 0.730. The number of hydrogen-bond acceptors (Lipinski definition) is 5. The zero-order chi connectivity index (χ0) is 16.7. The Bertz CT molecular complexity index is 732. The third kappa shape index (κ3) is 2.73. The van der Waals surface area contributed by atoms with E-state index < -0.39 is 0 Å². The van der Waals surface area contributed by atoms with Crippen LogP contribution in [0.4, 0.5) is 0 Å². The highest BCUT2D eigenvalue weighted by molar-refractivity contribution is 5.93. The van der Waals surface area contributed by atoms with Crippen molar-refractivity contribution >= 4 is 5.91 Å². The van der Waals surface area contributed by atoms with Gasteiger partial charge in [0.1, 0.15) is 11.7 Å². The van der Waals surface area contributed by atoms with Gasteiger partial charge >= 0.3 is 0 Å². The molecule has 0 bridgehead atoms. The van der Waals surface area contributed by atoms with E-state index in [9.17, 15) is 4.79 Å². The fourth-order valence-corrected chi connectivity index (χ4v) is 3.06. The first kappa shape index (κ1) is 15.4. The molecule has 24 heavy (non-hydrogen) atoms. The van der Waals surface area contributed by atoms with Gasteiger partial charge < -0.3 is 18.6 Å². The van der Waals surface area contributed by atoms with Crippen molar-refractivity contribution in [3.63, 3.8) is 0 Å². The maximum Gasteiger partial charge on any atom is 0.271 e. The molecule has 1 atom stereocenters. The van der Waals surface area contributed by atoms with Gasteiger partial charge in [0.05, 0.1) is 13.2 Å². The Morgan fingerprint density at radius 2 is 2.17 bits per heavy atom. The number of carbonyl (C=O) groups is 1. The number of nitrogens with zero attached hydrogens (tertiary/aromatic N) is 4. The lowest BCUT2D eigenvalue weighted by molar-refractivity contribution is -0.0113. The van der Waals surface area contributed by atoms with Gasteiger partial charge in [-0.2, -0.15) is 0 Å². The minimum absolute atomic E-state index is 0.00416. The monoisotopic (exact) mass is 330 g/mol. The second kappa shape index (κ2) is 6.05. The average Bonchev–Trinajstić information content (AvgIpc) is 3.13. The van der Waals surface area contributed by atoms with Crippen LogP contribution in [0.5, 0.6) is 0 Å². The molecule has 3 heterocycles. The van der Waals surface area contributed by atoms with Gasteiger partial charge in [0.2, 0.25) is 11.8 Å². The molecule has 1 aliphatic carbocycles. The molecule has 7 nitrogen and oxygen atoms in total. The van der Waals surface area contributed by atoms with Crippen LogP contribution in [-0.4, -0.2) is 45.3 Å². The highest BCUT2D eigenvalue weighted by atomic mass is 16.5. The lowest BCUT2D eigenvalue weighted by atomic mass is 10.2. The summed E-state index contributed by atoms with van der Waals surface area (Å²) in [5.74, 6) is 1.21. The molecular formula is C17H22N4O3. The van der Waals surface area contributed by atoms with Crippen molar-refractivity contribution in [3.05, 3.63) is 35.8 Å². The lowest BCUT2D eigenvalue weighted by Gasteiger charge is -2.33. The summed E-state index contributed by atoms with van der Waals surface area (Å²) in [4.78, 5) is 14.9. The molecule has 2 aliphatic rings. The van der Waals surface area contributed by atoms with Crippen LogP contribution in [0.2, 0.25) is 0 Å². The Morgan fingerprint density at radius 3 is 2.88 bits per heavy atom. The molecule has 2 aromatic rings. The van der Waals surface area contributed by atoms with Crippen LogP contribution in [0.15, 0.2) is 22.7 Å². The van der Waals surface area contributed by atoms with Crippen molar-refractivity contribution in [2.45, 2.75) is 44.7 Å².